The number of ether oxygens (including phenoxy) is 1. The predicted molar refractivity (Wildman–Crippen MR) is 122 cm³/mol. The number of imidazole rings is 1. The SMILES string of the molecule is O=C1CCCN1CCOc1ccc(C(=O)N2C[C@@H](Cc3ccc4nccn4c3)[C@@H](O)C2)cc1. The topological polar surface area (TPSA) is 87.4 Å². The Morgan fingerprint density at radius 2 is 2.00 bits per heavy atom. The molecular formula is C25H28N4O4. The standard InChI is InChI=1S/C25H28N4O4/c30-22-17-29(16-20(22)14-18-3-8-23-26-9-11-28(23)15-18)25(32)19-4-6-21(7-5-19)33-13-12-27-10-1-2-24(27)31/h3-9,11,15,20,22,30H,1-2,10,12-14,16-17H2/t20-,22+/m1/s1. The number of hydrogen-bond donors (Lipinski definition) is 1. The number of nitrogens with zero attached hydrogens (tertiary/aromatic N) is 4. The Kier molecular flexibility index (Phi) is 6.00. The lowest BCUT2D eigenvalue weighted by Gasteiger charge is -2.17. The van der Waals surface area contributed by atoms with Gasteiger partial charge in [0.15, 0.2) is 0 Å². The van der Waals surface area contributed by atoms with Crippen LogP contribution >= 0.6 is 0 Å². The summed E-state index contributed by atoms with van der Waals surface area (Å²) in [5.74, 6) is 0.766. The summed E-state index contributed by atoms with van der Waals surface area (Å²) in [6.07, 6.45) is 7.38. The number of benzene rings is 1. The van der Waals surface area contributed by atoms with Crippen LogP contribution in [-0.2, 0) is 11.2 Å². The Morgan fingerprint density at radius 3 is 2.79 bits per heavy atom. The van der Waals surface area contributed by atoms with Crippen LogP contribution in [0.5, 0.6) is 5.75 Å². The molecule has 8 heteroatoms. The van der Waals surface area contributed by atoms with Crippen molar-refractivity contribution in [2.75, 3.05) is 32.8 Å². The van der Waals surface area contributed by atoms with Crippen LogP contribution in [0.15, 0.2) is 55.0 Å². The number of carbonyl (C=O) groups excluding carboxylic acids is 2. The molecule has 2 atom stereocenters. The van der Waals surface area contributed by atoms with Crippen LogP contribution in [0, 0.1) is 5.92 Å². The second-order valence-corrected chi connectivity index (χ2v) is 8.83. The first-order valence-corrected chi connectivity index (χ1v) is 11.5. The van der Waals surface area contributed by atoms with E-state index >= 15 is 0 Å². The van der Waals surface area contributed by atoms with Crippen molar-refractivity contribution in [3.63, 3.8) is 0 Å². The van der Waals surface area contributed by atoms with Gasteiger partial charge >= 0.3 is 0 Å². The molecule has 2 fully saturated rings. The van der Waals surface area contributed by atoms with Crippen molar-refractivity contribution in [2.45, 2.75) is 25.4 Å². The zero-order chi connectivity index (χ0) is 22.8. The Hall–Kier alpha value is -3.39. The van der Waals surface area contributed by atoms with E-state index in [1.807, 2.05) is 33.8 Å². The summed E-state index contributed by atoms with van der Waals surface area (Å²) in [5, 5.41) is 10.6. The zero-order valence-corrected chi connectivity index (χ0v) is 18.5. The molecule has 1 N–H and O–H groups in total. The monoisotopic (exact) mass is 448 g/mol. The van der Waals surface area contributed by atoms with E-state index in [1.54, 1.807) is 35.4 Å². The Balaban J connectivity index is 1.15. The smallest absolute Gasteiger partial charge is 0.253 e. The van der Waals surface area contributed by atoms with Crippen LogP contribution < -0.4 is 4.74 Å². The second-order valence-electron chi connectivity index (χ2n) is 8.83. The van der Waals surface area contributed by atoms with Gasteiger partial charge in [-0.3, -0.25) is 9.59 Å². The third kappa shape index (κ3) is 4.71. The quantitative estimate of drug-likeness (QED) is 0.598. The van der Waals surface area contributed by atoms with Gasteiger partial charge in [0.2, 0.25) is 5.91 Å². The first-order valence-electron chi connectivity index (χ1n) is 11.5. The average molecular weight is 449 g/mol. The summed E-state index contributed by atoms with van der Waals surface area (Å²) in [4.78, 5) is 32.4. The van der Waals surface area contributed by atoms with E-state index in [0.29, 0.717) is 50.4 Å². The molecule has 2 saturated heterocycles. The van der Waals surface area contributed by atoms with E-state index in [0.717, 1.165) is 24.2 Å². The first-order chi connectivity index (χ1) is 16.1. The highest BCUT2D eigenvalue weighted by Gasteiger charge is 2.34. The summed E-state index contributed by atoms with van der Waals surface area (Å²) in [5.41, 5.74) is 2.57. The molecule has 4 heterocycles. The molecule has 172 valence electrons. The van der Waals surface area contributed by atoms with Gasteiger partial charge in [-0.1, -0.05) is 6.07 Å². The number of aliphatic hydroxyl groups is 1. The minimum absolute atomic E-state index is 0.00849. The van der Waals surface area contributed by atoms with Crippen LogP contribution in [0.3, 0.4) is 0 Å². The molecule has 0 saturated carbocycles. The summed E-state index contributed by atoms with van der Waals surface area (Å²) < 4.78 is 7.70. The number of amides is 2. The van der Waals surface area contributed by atoms with E-state index in [9.17, 15) is 14.7 Å². The maximum atomic E-state index is 13.0. The molecule has 33 heavy (non-hydrogen) atoms. The number of carbonyl (C=O) groups is 2. The predicted octanol–water partition coefficient (Wildman–Crippen LogP) is 2.01. The molecule has 2 aliphatic rings. The van der Waals surface area contributed by atoms with Crippen molar-refractivity contribution in [2.24, 2.45) is 5.92 Å². The van der Waals surface area contributed by atoms with Crippen molar-refractivity contribution in [1.82, 2.24) is 19.2 Å². The molecule has 0 unspecified atom stereocenters. The third-order valence-corrected chi connectivity index (χ3v) is 6.54. The van der Waals surface area contributed by atoms with Gasteiger partial charge in [0, 0.05) is 56.1 Å². The van der Waals surface area contributed by atoms with Crippen molar-refractivity contribution >= 4 is 17.5 Å². The number of pyridine rings is 1. The van der Waals surface area contributed by atoms with Crippen LogP contribution in [0.25, 0.3) is 5.65 Å². The molecule has 0 aliphatic carbocycles. The summed E-state index contributed by atoms with van der Waals surface area (Å²) in [7, 11) is 0. The molecule has 3 aromatic rings. The van der Waals surface area contributed by atoms with Gasteiger partial charge in [-0.2, -0.15) is 0 Å². The highest BCUT2D eigenvalue weighted by molar-refractivity contribution is 5.94. The van der Waals surface area contributed by atoms with Crippen molar-refractivity contribution in [1.29, 1.82) is 0 Å². The van der Waals surface area contributed by atoms with Crippen molar-refractivity contribution in [3.8, 4) is 5.75 Å². The van der Waals surface area contributed by atoms with Gasteiger partial charge in [0.25, 0.3) is 5.91 Å². The van der Waals surface area contributed by atoms with Gasteiger partial charge in [-0.25, -0.2) is 4.98 Å². The number of aromatic nitrogens is 2. The largest absolute Gasteiger partial charge is 0.492 e. The van der Waals surface area contributed by atoms with Gasteiger partial charge in [-0.05, 0) is 48.7 Å². The number of hydrogen-bond acceptors (Lipinski definition) is 5. The second kappa shape index (κ2) is 9.23. The normalized spacial score (nSPS) is 20.7. The number of rotatable bonds is 7. The first kappa shape index (κ1) is 21.5. The lowest BCUT2D eigenvalue weighted by molar-refractivity contribution is -0.128. The Morgan fingerprint density at radius 1 is 1.15 bits per heavy atom. The molecular weight excluding hydrogens is 420 g/mol. The van der Waals surface area contributed by atoms with Crippen LogP contribution in [-0.4, -0.2) is 75.0 Å². The molecule has 8 nitrogen and oxygen atoms in total. The lowest BCUT2D eigenvalue weighted by Crippen LogP contribution is -2.29. The molecule has 1 aromatic carbocycles. The van der Waals surface area contributed by atoms with E-state index in [-0.39, 0.29) is 17.7 Å². The number of likely N-dealkylation sites (tertiary alicyclic amines) is 2. The van der Waals surface area contributed by atoms with Gasteiger partial charge in [0.05, 0.1) is 12.6 Å². The zero-order valence-electron chi connectivity index (χ0n) is 18.5. The van der Waals surface area contributed by atoms with Gasteiger partial charge in [0.1, 0.15) is 18.0 Å². The van der Waals surface area contributed by atoms with Gasteiger partial charge < -0.3 is 24.0 Å². The molecule has 2 aliphatic heterocycles. The van der Waals surface area contributed by atoms with E-state index in [4.69, 9.17) is 4.74 Å². The molecule has 0 bridgehead atoms. The van der Waals surface area contributed by atoms with Crippen LogP contribution in [0.4, 0.5) is 0 Å². The molecule has 5 rings (SSSR count). The van der Waals surface area contributed by atoms with Gasteiger partial charge in [-0.15, -0.1) is 0 Å². The third-order valence-electron chi connectivity index (χ3n) is 6.54. The van der Waals surface area contributed by atoms with Crippen molar-refractivity contribution in [3.05, 3.63) is 66.1 Å². The number of β-amino-alcohol motifs (C(OH)–C–C–N with tert-alkyl or cyclic N) is 1. The fraction of sp³-hybridized carbons (Fsp3) is 0.400. The van der Waals surface area contributed by atoms with Crippen LogP contribution in [0.2, 0.25) is 0 Å². The Labute approximate surface area is 192 Å². The summed E-state index contributed by atoms with van der Waals surface area (Å²) >= 11 is 0. The lowest BCUT2D eigenvalue weighted by atomic mass is 9.98. The van der Waals surface area contributed by atoms with E-state index in [2.05, 4.69) is 4.98 Å². The molecule has 0 radical (unpaired) electrons. The number of fused-ring (bicyclic) bond motifs is 1. The Bertz CT molecular complexity index is 1140. The summed E-state index contributed by atoms with van der Waals surface area (Å²) in [6, 6.07) is 11.1. The highest BCUT2D eigenvalue weighted by Crippen LogP contribution is 2.24. The maximum absolute atomic E-state index is 13.0. The van der Waals surface area contributed by atoms with Crippen molar-refractivity contribution < 1.29 is 19.4 Å². The number of aliphatic hydroxyl groups excluding tert-OH is 1. The molecule has 2 amide bonds. The fourth-order valence-electron chi connectivity index (χ4n) is 4.70. The molecule has 2 aromatic heterocycles. The minimum Gasteiger partial charge on any atom is -0.492 e. The highest BCUT2D eigenvalue weighted by atomic mass is 16.5. The molecule has 0 spiro atoms. The average Bonchev–Trinajstić information content (AvgIpc) is 3.54. The minimum atomic E-state index is -0.552. The maximum Gasteiger partial charge on any atom is 0.253 e. The van der Waals surface area contributed by atoms with E-state index in [1.165, 1.54) is 0 Å². The fourth-order valence-corrected chi connectivity index (χ4v) is 4.70. The summed E-state index contributed by atoms with van der Waals surface area (Å²) in [6.45, 7) is 2.67. The van der Waals surface area contributed by atoms with Crippen LogP contribution in [0.1, 0.15) is 28.8 Å². The van der Waals surface area contributed by atoms with E-state index < -0.39 is 6.10 Å².